The molecule has 0 atom stereocenters. The third-order valence-electron chi connectivity index (χ3n) is 0.293. The van der Waals surface area contributed by atoms with Gasteiger partial charge in [-0.05, 0) is 10.4 Å². The Morgan fingerprint density at radius 3 is 1.89 bits per heavy atom. The third kappa shape index (κ3) is 10.8. The van der Waals surface area contributed by atoms with Crippen molar-refractivity contribution in [2.75, 3.05) is 6.67 Å². The summed E-state index contributed by atoms with van der Waals surface area (Å²) in [5, 5.41) is 13.1. The lowest BCUT2D eigenvalue weighted by Gasteiger charge is -1.60. The number of hydrogen-bond acceptors (Lipinski definition) is 5. The van der Waals surface area contributed by atoms with Gasteiger partial charge in [-0.1, -0.05) is 0 Å². The van der Waals surface area contributed by atoms with Crippen LogP contribution in [-0.4, -0.2) is 12.6 Å². The molecule has 0 unspecified atom stereocenters. The molecule has 0 radical (unpaired) electrons. The average molecular weight is 129 g/mol. The lowest BCUT2D eigenvalue weighted by Crippen LogP contribution is -2.01. The topological polar surface area (TPSA) is 92.5 Å². The van der Waals surface area contributed by atoms with Gasteiger partial charge in [0.2, 0.25) is 5.91 Å². The molecule has 0 aromatic carbocycles. The number of rotatable bonds is 0. The molecule has 0 saturated heterocycles. The van der Waals surface area contributed by atoms with Crippen molar-refractivity contribution in [2.45, 2.75) is 6.92 Å². The molecule has 50 valence electrons. The predicted molar refractivity (Wildman–Crippen MR) is 29.4 cm³/mol. The zero-order valence-electron chi connectivity index (χ0n) is 4.98. The quantitative estimate of drug-likeness (QED) is 0.499. The molecule has 6 heteroatoms. The molecule has 0 saturated carbocycles. The van der Waals surface area contributed by atoms with Crippen LogP contribution in [0.15, 0.2) is 20.7 Å². The predicted octanol–water partition coefficient (Wildman–Crippen LogP) is 0.269. The van der Waals surface area contributed by atoms with Gasteiger partial charge < -0.3 is 5.73 Å². The second kappa shape index (κ2) is 4.82. The van der Waals surface area contributed by atoms with Crippen LogP contribution in [0.5, 0.6) is 0 Å². The molecule has 1 heterocycles. The maximum absolute atomic E-state index is 9.22. The van der Waals surface area contributed by atoms with E-state index in [2.05, 4.69) is 26.4 Å². The maximum Gasteiger partial charge on any atom is 0.214 e. The molecule has 1 amide bonds. The maximum atomic E-state index is 9.22. The zero-order chi connectivity index (χ0) is 7.11. The third-order valence-corrected chi connectivity index (χ3v) is 0.293. The van der Waals surface area contributed by atoms with E-state index in [-0.39, 0.29) is 5.91 Å². The van der Waals surface area contributed by atoms with Gasteiger partial charge in [-0.15, -0.1) is 10.2 Å². The number of primary amides is 1. The molecular formula is C3H7N5O. The number of amides is 1. The molecule has 1 aliphatic rings. The molecule has 9 heavy (non-hydrogen) atoms. The summed E-state index contributed by atoms with van der Waals surface area (Å²) in [5.41, 5.74) is 4.47. The van der Waals surface area contributed by atoms with E-state index in [1.807, 2.05) is 0 Å². The Balaban J connectivity index is 0.000000148. The molecule has 2 N–H and O–H groups in total. The first-order valence-corrected chi connectivity index (χ1v) is 2.23. The minimum atomic E-state index is -0.333. The highest BCUT2D eigenvalue weighted by Gasteiger charge is 1.76. The first-order valence-electron chi connectivity index (χ1n) is 2.23. The van der Waals surface area contributed by atoms with Crippen LogP contribution in [0.2, 0.25) is 0 Å². The van der Waals surface area contributed by atoms with Crippen LogP contribution in [0, 0.1) is 0 Å². The summed E-state index contributed by atoms with van der Waals surface area (Å²) in [5.74, 6) is -0.333. The van der Waals surface area contributed by atoms with Gasteiger partial charge in [0.05, 0.1) is 0 Å². The van der Waals surface area contributed by atoms with Crippen LogP contribution >= 0.6 is 0 Å². The van der Waals surface area contributed by atoms with Gasteiger partial charge in [-0.25, -0.2) is 0 Å². The number of carbonyl (C=O) groups is 1. The standard InChI is InChI=1S/C2H5NO.CH2N4/c1-2(3)4;1-2-4-5-3-1/h1H3,(H2,3,4);1H2. The summed E-state index contributed by atoms with van der Waals surface area (Å²) in [6.45, 7) is 1.72. The summed E-state index contributed by atoms with van der Waals surface area (Å²) in [4.78, 5) is 9.22. The molecule has 0 spiro atoms. The van der Waals surface area contributed by atoms with Crippen LogP contribution in [0.25, 0.3) is 0 Å². The zero-order valence-corrected chi connectivity index (χ0v) is 4.98. The van der Waals surface area contributed by atoms with Crippen molar-refractivity contribution in [1.82, 2.24) is 0 Å². The Morgan fingerprint density at radius 1 is 1.44 bits per heavy atom. The van der Waals surface area contributed by atoms with Gasteiger partial charge in [0.15, 0.2) is 6.67 Å². The molecule has 0 aromatic rings. The normalized spacial score (nSPS) is 12.6. The Kier molecular flexibility index (Phi) is 4.11. The minimum Gasteiger partial charge on any atom is -0.370 e. The molecule has 1 rings (SSSR count). The van der Waals surface area contributed by atoms with E-state index in [1.54, 1.807) is 0 Å². The molecule has 0 aliphatic carbocycles. The summed E-state index contributed by atoms with van der Waals surface area (Å²) < 4.78 is 0. The smallest absolute Gasteiger partial charge is 0.214 e. The molecule has 1 aliphatic heterocycles. The van der Waals surface area contributed by atoms with E-state index in [9.17, 15) is 4.79 Å². The van der Waals surface area contributed by atoms with Gasteiger partial charge in [0, 0.05) is 6.92 Å². The molecular weight excluding hydrogens is 122 g/mol. The first kappa shape index (κ1) is 7.67. The van der Waals surface area contributed by atoms with E-state index >= 15 is 0 Å². The van der Waals surface area contributed by atoms with Crippen LogP contribution in [0.4, 0.5) is 0 Å². The van der Waals surface area contributed by atoms with Gasteiger partial charge in [-0.2, -0.15) is 0 Å². The van der Waals surface area contributed by atoms with E-state index in [0.29, 0.717) is 6.67 Å². The van der Waals surface area contributed by atoms with Crippen LogP contribution < -0.4 is 5.73 Å². The number of carbonyl (C=O) groups excluding carboxylic acids is 1. The molecule has 0 bridgehead atoms. The highest BCUT2D eigenvalue weighted by atomic mass is 16.1. The second-order valence-electron chi connectivity index (χ2n) is 1.21. The lowest BCUT2D eigenvalue weighted by molar-refractivity contribution is -0.115. The summed E-state index contributed by atoms with van der Waals surface area (Å²) >= 11 is 0. The van der Waals surface area contributed by atoms with Crippen LogP contribution in [-0.2, 0) is 4.79 Å². The van der Waals surface area contributed by atoms with E-state index in [4.69, 9.17) is 0 Å². The lowest BCUT2D eigenvalue weighted by atomic mass is 10.8. The van der Waals surface area contributed by atoms with Gasteiger partial charge in [-0.3, -0.25) is 4.79 Å². The van der Waals surface area contributed by atoms with Crippen LogP contribution in [0.3, 0.4) is 0 Å². The monoisotopic (exact) mass is 129 g/mol. The highest BCUT2D eigenvalue weighted by Crippen LogP contribution is 1.87. The number of nitrogens with two attached hydrogens (primary N) is 1. The Bertz CT molecular complexity index is 125. The summed E-state index contributed by atoms with van der Waals surface area (Å²) in [6, 6.07) is 0. The fourth-order valence-electron chi connectivity index (χ4n) is 0.141. The Hall–Kier alpha value is -1.33. The fourth-order valence-corrected chi connectivity index (χ4v) is 0.141. The van der Waals surface area contributed by atoms with Crippen molar-refractivity contribution in [3.63, 3.8) is 0 Å². The number of nitrogens with zero attached hydrogens (tertiary/aromatic N) is 4. The van der Waals surface area contributed by atoms with E-state index in [1.165, 1.54) is 6.92 Å². The van der Waals surface area contributed by atoms with Crippen molar-refractivity contribution < 1.29 is 4.79 Å². The van der Waals surface area contributed by atoms with E-state index in [0.717, 1.165) is 0 Å². The van der Waals surface area contributed by atoms with Gasteiger partial charge in [0.25, 0.3) is 0 Å². The van der Waals surface area contributed by atoms with Gasteiger partial charge in [0.1, 0.15) is 0 Å². The minimum absolute atomic E-state index is 0.333. The summed E-state index contributed by atoms with van der Waals surface area (Å²) in [6.07, 6.45) is 0. The van der Waals surface area contributed by atoms with Crippen molar-refractivity contribution in [1.29, 1.82) is 0 Å². The number of hydrogen-bond donors (Lipinski definition) is 1. The highest BCUT2D eigenvalue weighted by molar-refractivity contribution is 5.70. The largest absolute Gasteiger partial charge is 0.370 e. The first-order chi connectivity index (χ1) is 4.23. The Labute approximate surface area is 51.8 Å². The summed E-state index contributed by atoms with van der Waals surface area (Å²) in [7, 11) is 0. The molecule has 0 fully saturated rings. The average Bonchev–Trinajstić information content (AvgIpc) is 2.11. The SMILES string of the molecule is C1N=NN=N1.CC(N)=O. The van der Waals surface area contributed by atoms with Crippen LogP contribution in [0.1, 0.15) is 6.92 Å². The van der Waals surface area contributed by atoms with Crippen molar-refractivity contribution in [2.24, 2.45) is 26.4 Å². The molecule has 6 nitrogen and oxygen atoms in total. The van der Waals surface area contributed by atoms with E-state index < -0.39 is 0 Å². The van der Waals surface area contributed by atoms with Gasteiger partial charge >= 0.3 is 0 Å². The fraction of sp³-hybridized carbons (Fsp3) is 0.667. The Morgan fingerprint density at radius 2 is 1.78 bits per heavy atom. The van der Waals surface area contributed by atoms with Crippen molar-refractivity contribution in [3.8, 4) is 0 Å². The van der Waals surface area contributed by atoms with Crippen molar-refractivity contribution in [3.05, 3.63) is 0 Å². The molecule has 0 aromatic heterocycles. The second-order valence-corrected chi connectivity index (χ2v) is 1.21. The van der Waals surface area contributed by atoms with Crippen molar-refractivity contribution >= 4 is 5.91 Å².